The Labute approximate surface area is 328 Å². The average Bonchev–Trinajstić information content (AvgIpc) is 3.44. The van der Waals surface area contributed by atoms with Gasteiger partial charge >= 0.3 is 0 Å². The SMILES string of the molecule is CC(C)(C)c1cc2c3c(nccc3c1)-c1[c-]cc3ccncc3c1C21c2ccccc2-c2ccccc21.CCC(CC)C(=O)/C=C(\O)C(CC)CC.[Ir]. The summed E-state index contributed by atoms with van der Waals surface area (Å²) in [7, 11) is 0. The van der Waals surface area contributed by atoms with Crippen LogP contribution in [0.2, 0.25) is 0 Å². The van der Waals surface area contributed by atoms with Gasteiger partial charge in [0.1, 0.15) is 0 Å². The van der Waals surface area contributed by atoms with E-state index in [-0.39, 0.29) is 48.9 Å². The van der Waals surface area contributed by atoms with E-state index in [1.165, 1.54) is 55.8 Å². The second kappa shape index (κ2) is 15.1. The molecule has 4 aromatic carbocycles. The topological polar surface area (TPSA) is 63.1 Å². The zero-order valence-corrected chi connectivity index (χ0v) is 34.3. The Morgan fingerprint density at radius 1 is 0.811 bits per heavy atom. The van der Waals surface area contributed by atoms with E-state index in [4.69, 9.17) is 4.98 Å². The Morgan fingerprint density at radius 2 is 1.42 bits per heavy atom. The molecule has 2 aromatic heterocycles. The summed E-state index contributed by atoms with van der Waals surface area (Å²) in [5.74, 6) is 0.547. The number of hydrogen-bond donors (Lipinski definition) is 1. The van der Waals surface area contributed by atoms with E-state index in [1.807, 2.05) is 46.3 Å². The number of hydrogen-bond acceptors (Lipinski definition) is 4. The van der Waals surface area contributed by atoms with Crippen LogP contribution in [0, 0.1) is 17.9 Å². The van der Waals surface area contributed by atoms with Crippen LogP contribution in [0.4, 0.5) is 0 Å². The first-order chi connectivity index (χ1) is 25.1. The second-order valence-corrected chi connectivity index (χ2v) is 15.4. The summed E-state index contributed by atoms with van der Waals surface area (Å²) >= 11 is 0. The van der Waals surface area contributed by atoms with E-state index in [0.717, 1.165) is 47.7 Å². The number of carbonyl (C=O) groups is 1. The fourth-order valence-corrected chi connectivity index (χ4v) is 8.62. The zero-order valence-electron chi connectivity index (χ0n) is 31.9. The van der Waals surface area contributed by atoms with Crippen molar-refractivity contribution >= 4 is 27.3 Å². The van der Waals surface area contributed by atoms with Gasteiger partial charge in [-0.3, -0.25) is 9.78 Å². The van der Waals surface area contributed by atoms with Gasteiger partial charge in [-0.2, -0.15) is 0 Å². The van der Waals surface area contributed by atoms with Gasteiger partial charge in [0.25, 0.3) is 0 Å². The summed E-state index contributed by atoms with van der Waals surface area (Å²) in [6, 6.07) is 32.8. The predicted octanol–water partition coefficient (Wildman–Crippen LogP) is 12.1. The summed E-state index contributed by atoms with van der Waals surface area (Å²) in [4.78, 5) is 21.3. The molecule has 8 rings (SSSR count). The molecule has 0 saturated carbocycles. The Kier molecular flexibility index (Phi) is 10.9. The molecule has 2 heterocycles. The van der Waals surface area contributed by atoms with Gasteiger partial charge in [0, 0.05) is 62.0 Å². The van der Waals surface area contributed by atoms with E-state index in [9.17, 15) is 9.90 Å². The molecule has 0 unspecified atom stereocenters. The van der Waals surface area contributed by atoms with Crippen molar-refractivity contribution in [3.05, 3.63) is 143 Å². The Hall–Kier alpha value is -4.44. The van der Waals surface area contributed by atoms with Gasteiger partial charge in [-0.1, -0.05) is 132 Å². The smallest absolute Gasteiger partial charge is 0.162 e. The van der Waals surface area contributed by atoms with Crippen LogP contribution in [0.5, 0.6) is 0 Å². The van der Waals surface area contributed by atoms with E-state index >= 15 is 0 Å². The van der Waals surface area contributed by atoms with Crippen molar-refractivity contribution in [3.8, 4) is 22.4 Å². The van der Waals surface area contributed by atoms with E-state index < -0.39 is 5.41 Å². The van der Waals surface area contributed by atoms with Gasteiger partial charge in [0.05, 0.1) is 5.76 Å². The Balaban J connectivity index is 0.000000258. The number of benzene rings is 4. The minimum atomic E-state index is -0.489. The van der Waals surface area contributed by atoms with Crippen molar-refractivity contribution in [2.75, 3.05) is 0 Å². The molecule has 2 aliphatic rings. The number of ketones is 1. The van der Waals surface area contributed by atoms with Crippen LogP contribution in [0.3, 0.4) is 0 Å². The fraction of sp³-hybridized carbons (Fsp3) is 0.312. The van der Waals surface area contributed by atoms with Crippen molar-refractivity contribution in [2.45, 2.75) is 85.0 Å². The summed E-state index contributed by atoms with van der Waals surface area (Å²) in [6.45, 7) is 15.0. The Morgan fingerprint density at radius 3 is 2.02 bits per heavy atom. The van der Waals surface area contributed by atoms with Gasteiger partial charge in [0.2, 0.25) is 0 Å². The maximum absolute atomic E-state index is 11.7. The van der Waals surface area contributed by atoms with Gasteiger partial charge in [0.15, 0.2) is 5.78 Å². The quantitative estimate of drug-likeness (QED) is 0.0984. The van der Waals surface area contributed by atoms with E-state index in [1.54, 1.807) is 0 Å². The van der Waals surface area contributed by atoms with Gasteiger partial charge < -0.3 is 10.1 Å². The van der Waals surface area contributed by atoms with Crippen molar-refractivity contribution in [1.29, 1.82) is 0 Å². The molecule has 0 bridgehead atoms. The van der Waals surface area contributed by atoms with Crippen LogP contribution in [-0.2, 0) is 35.7 Å². The molecule has 0 aliphatic heterocycles. The van der Waals surface area contributed by atoms with Crippen molar-refractivity contribution in [1.82, 2.24) is 9.97 Å². The van der Waals surface area contributed by atoms with Crippen LogP contribution in [0.1, 0.15) is 102 Å². The number of carbonyl (C=O) groups excluding carboxylic acids is 1. The van der Waals surface area contributed by atoms with Gasteiger partial charge in [-0.25, -0.2) is 0 Å². The van der Waals surface area contributed by atoms with Crippen molar-refractivity contribution in [2.24, 2.45) is 11.8 Å². The Bertz CT molecular complexity index is 2300. The van der Waals surface area contributed by atoms with Crippen LogP contribution in [0.25, 0.3) is 43.9 Å². The van der Waals surface area contributed by atoms with Crippen LogP contribution in [0.15, 0.2) is 109 Å². The molecule has 5 heteroatoms. The first-order valence-corrected chi connectivity index (χ1v) is 19.0. The summed E-state index contributed by atoms with van der Waals surface area (Å²) < 4.78 is 0. The molecule has 4 nitrogen and oxygen atoms in total. The maximum Gasteiger partial charge on any atom is 0.162 e. The van der Waals surface area contributed by atoms with E-state index in [2.05, 4.69) is 111 Å². The number of aromatic nitrogens is 2. The van der Waals surface area contributed by atoms with E-state index in [0.29, 0.717) is 0 Å². The van der Waals surface area contributed by atoms with Crippen molar-refractivity contribution in [3.63, 3.8) is 0 Å². The second-order valence-electron chi connectivity index (χ2n) is 15.4. The fourth-order valence-electron chi connectivity index (χ4n) is 8.62. The number of pyridine rings is 2. The molecule has 2 aliphatic carbocycles. The molecule has 273 valence electrons. The number of aliphatic hydroxyl groups excluding tert-OH is 1. The number of fused-ring (bicyclic) bond motifs is 11. The first-order valence-electron chi connectivity index (χ1n) is 19.0. The predicted molar refractivity (Wildman–Crippen MR) is 215 cm³/mol. The molecule has 0 saturated heterocycles. The third kappa shape index (κ3) is 6.26. The minimum absolute atomic E-state index is 0. The van der Waals surface area contributed by atoms with Crippen LogP contribution in [-0.4, -0.2) is 20.9 Å². The normalized spacial score (nSPS) is 13.7. The summed E-state index contributed by atoms with van der Waals surface area (Å²) in [5.41, 5.74) is 10.7. The van der Waals surface area contributed by atoms with Crippen LogP contribution < -0.4 is 0 Å². The number of aliphatic hydroxyl groups is 1. The number of rotatable bonds is 7. The van der Waals surface area contributed by atoms with Crippen molar-refractivity contribution < 1.29 is 30.0 Å². The molecule has 6 aromatic rings. The first kappa shape index (κ1) is 38.3. The monoisotopic (exact) mass is 878 g/mol. The molecule has 0 fully saturated rings. The molecule has 1 radical (unpaired) electrons. The molecular weight excluding hydrogens is 829 g/mol. The van der Waals surface area contributed by atoms with Gasteiger partial charge in [-0.15, -0.1) is 17.7 Å². The van der Waals surface area contributed by atoms with Gasteiger partial charge in [-0.05, 0) is 87.0 Å². The van der Waals surface area contributed by atoms with Crippen LogP contribution >= 0.6 is 0 Å². The standard InChI is InChI=1S/C35H25N2.C13H24O2.Ir/c1-34(2,3)23-18-22-15-17-37-33-26-13-12-21-14-16-36-20-27(21)32(26)35(30(19-23)31(22)33)28-10-6-4-8-24(28)25-9-5-7-11-29(25)35;1-5-10(6-2)12(14)9-13(15)11(7-3)8-4;/h4-12,14-20H,1-3H3;9-11,14H,5-8H2,1-4H3;/q-1;;/b;12-9-;. The zero-order chi connectivity index (χ0) is 36.8. The molecule has 1 N–H and O–H groups in total. The largest absolute Gasteiger partial charge is 0.512 e. The number of allylic oxidation sites excluding steroid dienone is 2. The molecule has 53 heavy (non-hydrogen) atoms. The summed E-state index contributed by atoms with van der Waals surface area (Å²) in [6.07, 6.45) is 10.8. The molecule has 0 atom stereocenters. The molecule has 1 spiro atoms. The number of nitrogens with zero attached hydrogens (tertiary/aromatic N) is 2. The third-order valence-corrected chi connectivity index (χ3v) is 11.5. The third-order valence-electron chi connectivity index (χ3n) is 11.5. The maximum atomic E-state index is 11.7. The molecule has 0 amide bonds. The average molecular weight is 878 g/mol. The minimum Gasteiger partial charge on any atom is -0.512 e. The molecular formula is C48H49IrN2O2-. The summed E-state index contributed by atoms with van der Waals surface area (Å²) in [5, 5.41) is 14.5.